The van der Waals surface area contributed by atoms with Crippen molar-refractivity contribution in [2.24, 2.45) is 5.92 Å². The molecule has 1 nitrogen and oxygen atoms in total. The molecule has 2 saturated heterocycles. The summed E-state index contributed by atoms with van der Waals surface area (Å²) in [5.74, 6) is 0.980. The van der Waals surface area contributed by atoms with Crippen molar-refractivity contribution >= 4 is 0 Å². The van der Waals surface area contributed by atoms with Crippen molar-refractivity contribution in [3.8, 4) is 0 Å². The summed E-state index contributed by atoms with van der Waals surface area (Å²) in [6, 6.07) is 1.02. The third-order valence-electron chi connectivity index (χ3n) is 2.37. The van der Waals surface area contributed by atoms with Gasteiger partial charge in [-0.1, -0.05) is 6.92 Å². The third kappa shape index (κ3) is 0.655. The topological polar surface area (TPSA) is 3.01 Å². The van der Waals surface area contributed by atoms with E-state index in [2.05, 4.69) is 11.8 Å². The van der Waals surface area contributed by atoms with Crippen LogP contribution in [0, 0.1) is 5.92 Å². The van der Waals surface area contributed by atoms with Crippen LogP contribution >= 0.6 is 0 Å². The molecule has 0 aromatic heterocycles. The van der Waals surface area contributed by atoms with E-state index in [1.54, 1.807) is 0 Å². The summed E-state index contributed by atoms with van der Waals surface area (Å²) in [5, 5.41) is 0. The van der Waals surface area contributed by atoms with Gasteiger partial charge < -0.3 is 0 Å². The molecule has 0 amide bonds. The fourth-order valence-electron chi connectivity index (χ4n) is 1.69. The zero-order valence-corrected chi connectivity index (χ0v) is 5.43. The molecule has 3 unspecified atom stereocenters. The molecule has 2 aliphatic heterocycles. The van der Waals surface area contributed by atoms with Crippen molar-refractivity contribution in [3.63, 3.8) is 0 Å². The summed E-state index contributed by atoms with van der Waals surface area (Å²) in [6.07, 6.45) is 2.95. The van der Waals surface area contributed by atoms with E-state index >= 15 is 0 Å². The molecule has 0 N–H and O–H groups in total. The van der Waals surface area contributed by atoms with E-state index in [1.165, 1.54) is 25.9 Å². The molecule has 2 rings (SSSR count). The Kier molecular flexibility index (Phi) is 0.884. The van der Waals surface area contributed by atoms with Crippen LogP contribution in [0.2, 0.25) is 0 Å². The Balaban J connectivity index is 1.93. The monoisotopic (exact) mass is 111 g/mol. The molecule has 0 saturated carbocycles. The minimum atomic E-state index is 0.980. The molecule has 0 spiro atoms. The average Bonchev–Trinajstić information content (AvgIpc) is 2.43. The third-order valence-corrected chi connectivity index (χ3v) is 2.37. The second kappa shape index (κ2) is 1.47. The second-order valence-electron chi connectivity index (χ2n) is 3.29. The molecule has 0 aromatic carbocycles. The summed E-state index contributed by atoms with van der Waals surface area (Å²) >= 11 is 0. The van der Waals surface area contributed by atoms with Crippen LogP contribution in [0.25, 0.3) is 0 Å². The van der Waals surface area contributed by atoms with Crippen molar-refractivity contribution in [1.82, 2.24) is 4.90 Å². The number of piperidine rings is 1. The van der Waals surface area contributed by atoms with E-state index in [4.69, 9.17) is 0 Å². The van der Waals surface area contributed by atoms with Crippen molar-refractivity contribution < 1.29 is 0 Å². The zero-order valence-electron chi connectivity index (χ0n) is 5.43. The molecule has 0 aliphatic carbocycles. The van der Waals surface area contributed by atoms with Crippen LogP contribution in [0.4, 0.5) is 0 Å². The minimum absolute atomic E-state index is 0.980. The van der Waals surface area contributed by atoms with Crippen LogP contribution in [0.15, 0.2) is 0 Å². The Bertz CT molecular complexity index is 101. The lowest BCUT2D eigenvalue weighted by Gasteiger charge is -2.16. The first kappa shape index (κ1) is 4.80. The Morgan fingerprint density at radius 2 is 2.12 bits per heavy atom. The van der Waals surface area contributed by atoms with E-state index in [0.717, 1.165) is 12.0 Å². The van der Waals surface area contributed by atoms with Gasteiger partial charge in [0.2, 0.25) is 0 Å². The van der Waals surface area contributed by atoms with Crippen molar-refractivity contribution in [2.45, 2.75) is 25.8 Å². The van der Waals surface area contributed by atoms with Gasteiger partial charge in [0, 0.05) is 19.1 Å². The quantitative estimate of drug-likeness (QED) is 0.423. The van der Waals surface area contributed by atoms with Crippen LogP contribution < -0.4 is 0 Å². The van der Waals surface area contributed by atoms with Gasteiger partial charge in [-0.25, -0.2) is 0 Å². The maximum Gasteiger partial charge on any atom is 0.0224 e. The SMILES string of the molecule is CC1CCC2CN2C1. The van der Waals surface area contributed by atoms with Gasteiger partial charge in [-0.2, -0.15) is 0 Å². The van der Waals surface area contributed by atoms with E-state index in [0.29, 0.717) is 0 Å². The van der Waals surface area contributed by atoms with Crippen LogP contribution in [0.3, 0.4) is 0 Å². The summed E-state index contributed by atoms with van der Waals surface area (Å²) < 4.78 is 0. The van der Waals surface area contributed by atoms with Crippen LogP contribution in [-0.2, 0) is 0 Å². The molecule has 2 aliphatic rings. The highest BCUT2D eigenvalue weighted by Gasteiger charge is 2.37. The maximum atomic E-state index is 2.58. The Hall–Kier alpha value is -0.0400. The molecule has 1 heteroatoms. The number of rotatable bonds is 0. The highest BCUT2D eigenvalue weighted by atomic mass is 15.3. The standard InChI is InChI=1S/C7H13N/c1-6-2-3-7-5-8(7)4-6/h6-7H,2-5H2,1H3. The molecule has 8 heavy (non-hydrogen) atoms. The van der Waals surface area contributed by atoms with E-state index in [9.17, 15) is 0 Å². The smallest absolute Gasteiger partial charge is 0.0224 e. The van der Waals surface area contributed by atoms with Gasteiger partial charge in [-0.05, 0) is 18.8 Å². The molecule has 46 valence electrons. The van der Waals surface area contributed by atoms with Crippen molar-refractivity contribution in [2.75, 3.05) is 13.1 Å². The molecule has 0 aromatic rings. The minimum Gasteiger partial charge on any atom is -0.297 e. The van der Waals surface area contributed by atoms with E-state index in [1.807, 2.05) is 0 Å². The lowest BCUT2D eigenvalue weighted by Crippen LogP contribution is -2.18. The van der Waals surface area contributed by atoms with Gasteiger partial charge in [-0.3, -0.25) is 4.90 Å². The highest BCUT2D eigenvalue weighted by Crippen LogP contribution is 2.31. The Morgan fingerprint density at radius 3 is 2.75 bits per heavy atom. The average molecular weight is 111 g/mol. The van der Waals surface area contributed by atoms with Crippen LogP contribution in [0.1, 0.15) is 19.8 Å². The lowest BCUT2D eigenvalue weighted by molar-refractivity contribution is 0.324. The van der Waals surface area contributed by atoms with E-state index < -0.39 is 0 Å². The van der Waals surface area contributed by atoms with E-state index in [-0.39, 0.29) is 0 Å². The lowest BCUT2D eigenvalue weighted by atomic mass is 10.0. The first-order valence-corrected chi connectivity index (χ1v) is 3.60. The highest BCUT2D eigenvalue weighted by molar-refractivity contribution is 4.93. The van der Waals surface area contributed by atoms with Gasteiger partial charge in [-0.15, -0.1) is 0 Å². The second-order valence-corrected chi connectivity index (χ2v) is 3.29. The summed E-state index contributed by atoms with van der Waals surface area (Å²) in [7, 11) is 0. The Morgan fingerprint density at radius 1 is 1.25 bits per heavy atom. The van der Waals surface area contributed by atoms with Gasteiger partial charge in [0.15, 0.2) is 0 Å². The fraction of sp³-hybridized carbons (Fsp3) is 1.00. The molecule has 3 atom stereocenters. The number of hydrogen-bond donors (Lipinski definition) is 0. The largest absolute Gasteiger partial charge is 0.297 e. The fourth-order valence-corrected chi connectivity index (χ4v) is 1.69. The van der Waals surface area contributed by atoms with Crippen LogP contribution in [0.5, 0.6) is 0 Å². The predicted octanol–water partition coefficient (Wildman–Crippen LogP) is 1.10. The first-order valence-electron chi connectivity index (χ1n) is 3.60. The van der Waals surface area contributed by atoms with Gasteiger partial charge in [0.05, 0.1) is 0 Å². The zero-order chi connectivity index (χ0) is 5.56. The maximum absolute atomic E-state index is 2.58. The Labute approximate surface area is 50.7 Å². The molecular formula is C7H13N. The predicted molar refractivity (Wildman–Crippen MR) is 33.8 cm³/mol. The summed E-state index contributed by atoms with van der Waals surface area (Å²) in [4.78, 5) is 2.58. The normalized spacial score (nSPS) is 52.9. The summed E-state index contributed by atoms with van der Waals surface area (Å²) in [6.45, 7) is 5.14. The number of nitrogens with zero attached hydrogens (tertiary/aromatic N) is 1. The molecule has 2 fully saturated rings. The van der Waals surface area contributed by atoms with Gasteiger partial charge >= 0.3 is 0 Å². The van der Waals surface area contributed by atoms with Crippen molar-refractivity contribution in [3.05, 3.63) is 0 Å². The molecular weight excluding hydrogens is 98.1 g/mol. The molecule has 0 radical (unpaired) electrons. The van der Waals surface area contributed by atoms with Gasteiger partial charge in [0.1, 0.15) is 0 Å². The molecule has 2 heterocycles. The number of fused-ring (bicyclic) bond motifs is 1. The first-order chi connectivity index (χ1) is 3.86. The summed E-state index contributed by atoms with van der Waals surface area (Å²) in [5.41, 5.74) is 0. The van der Waals surface area contributed by atoms with Crippen LogP contribution in [-0.4, -0.2) is 24.0 Å². The number of hydrogen-bond acceptors (Lipinski definition) is 1. The van der Waals surface area contributed by atoms with Gasteiger partial charge in [0.25, 0.3) is 0 Å². The molecule has 0 bridgehead atoms. The van der Waals surface area contributed by atoms with Crippen molar-refractivity contribution in [1.29, 1.82) is 0 Å².